The summed E-state index contributed by atoms with van der Waals surface area (Å²) in [4.78, 5) is 21.6. The first-order valence-electron chi connectivity index (χ1n) is 13.4. The summed E-state index contributed by atoms with van der Waals surface area (Å²) in [7, 11) is 0. The van der Waals surface area contributed by atoms with Crippen molar-refractivity contribution >= 4 is 27.6 Å². The van der Waals surface area contributed by atoms with E-state index in [2.05, 4.69) is 52.6 Å². The molecule has 0 bridgehead atoms. The summed E-state index contributed by atoms with van der Waals surface area (Å²) in [6.45, 7) is 0. The zero-order valence-electron chi connectivity index (χ0n) is 21.3. The minimum atomic E-state index is -0.573. The van der Waals surface area contributed by atoms with E-state index in [9.17, 15) is 5.11 Å². The Bertz CT molecular complexity index is 1750. The highest BCUT2D eigenvalue weighted by Crippen LogP contribution is 2.34. The van der Waals surface area contributed by atoms with Gasteiger partial charge >= 0.3 is 0 Å². The van der Waals surface area contributed by atoms with E-state index in [4.69, 9.17) is 0 Å². The molecule has 9 heteroatoms. The average molecular weight is 517 g/mol. The molecule has 1 unspecified atom stereocenters. The van der Waals surface area contributed by atoms with E-state index < -0.39 is 6.23 Å². The van der Waals surface area contributed by atoms with Crippen LogP contribution in [-0.2, 0) is 0 Å². The molecule has 9 nitrogen and oxygen atoms in total. The van der Waals surface area contributed by atoms with E-state index in [1.54, 1.807) is 18.6 Å². The molecule has 6 aromatic heterocycles. The molecule has 1 fully saturated rings. The fourth-order valence-corrected chi connectivity index (χ4v) is 5.57. The predicted molar refractivity (Wildman–Crippen MR) is 152 cm³/mol. The highest BCUT2D eigenvalue weighted by atomic mass is 16.3. The Hall–Kier alpha value is -4.63. The molecule has 4 N–H and O–H groups in total. The van der Waals surface area contributed by atoms with Crippen LogP contribution in [0.5, 0.6) is 0 Å². The van der Waals surface area contributed by atoms with Gasteiger partial charge in [0.15, 0.2) is 5.65 Å². The maximum absolute atomic E-state index is 10.7. The van der Waals surface area contributed by atoms with Crippen molar-refractivity contribution in [2.75, 3.05) is 5.32 Å². The summed E-state index contributed by atoms with van der Waals surface area (Å²) in [5.41, 5.74) is 7.56. The Kier molecular flexibility index (Phi) is 5.97. The molecule has 6 heterocycles. The van der Waals surface area contributed by atoms with Crippen LogP contribution in [0.1, 0.15) is 32.1 Å². The fourth-order valence-electron chi connectivity index (χ4n) is 5.57. The van der Waals surface area contributed by atoms with Crippen LogP contribution < -0.4 is 5.32 Å². The third kappa shape index (κ3) is 4.51. The molecule has 0 spiro atoms. The number of hydrogen-bond acceptors (Lipinski definition) is 7. The number of rotatable bonds is 6. The fraction of sp³-hybridized carbons (Fsp3) is 0.233. The number of H-pyrrole nitrogens is 2. The van der Waals surface area contributed by atoms with Crippen LogP contribution in [0.2, 0.25) is 0 Å². The van der Waals surface area contributed by atoms with Crippen molar-refractivity contribution in [3.63, 3.8) is 0 Å². The van der Waals surface area contributed by atoms with Crippen LogP contribution >= 0.6 is 0 Å². The lowest BCUT2D eigenvalue weighted by molar-refractivity contribution is 0.109. The number of aromatic amines is 2. The first kappa shape index (κ1) is 23.5. The molecular weight excluding hydrogens is 488 g/mol. The first-order valence-corrected chi connectivity index (χ1v) is 13.4. The van der Waals surface area contributed by atoms with Crippen molar-refractivity contribution in [1.29, 1.82) is 0 Å². The predicted octanol–water partition coefficient (Wildman–Crippen LogP) is 5.94. The van der Waals surface area contributed by atoms with E-state index >= 15 is 0 Å². The second-order valence-corrected chi connectivity index (χ2v) is 10.2. The van der Waals surface area contributed by atoms with Crippen molar-refractivity contribution < 1.29 is 5.11 Å². The number of aromatic nitrogens is 7. The maximum Gasteiger partial charge on any atom is 0.155 e. The van der Waals surface area contributed by atoms with Crippen LogP contribution in [0.4, 0.5) is 5.69 Å². The van der Waals surface area contributed by atoms with Crippen molar-refractivity contribution in [2.24, 2.45) is 5.92 Å². The standard InChI is InChI=1S/C30H28N8O/c39-30(18-6-2-1-3-7-18)35-21-12-19(15-31-17-21)20-13-23-28(37-38-29(23)34-16-20)26-14-22-24(36-26)9-11-33-27(22)25-8-4-5-10-32-25/h4-5,8-18,30,35-36,39H,1-3,6-7H2,(H,34,37,38). The lowest BCUT2D eigenvalue weighted by atomic mass is 9.88. The summed E-state index contributed by atoms with van der Waals surface area (Å²) in [6, 6.07) is 13.9. The molecule has 6 aromatic rings. The molecule has 194 valence electrons. The number of nitrogens with one attached hydrogen (secondary N) is 3. The van der Waals surface area contributed by atoms with Gasteiger partial charge in [-0.25, -0.2) is 4.98 Å². The zero-order valence-corrected chi connectivity index (χ0v) is 21.3. The minimum Gasteiger partial charge on any atom is -0.374 e. The third-order valence-corrected chi connectivity index (χ3v) is 7.61. The molecule has 1 atom stereocenters. The molecular formula is C30H28N8O. The van der Waals surface area contributed by atoms with E-state index in [0.717, 1.165) is 68.7 Å². The number of aliphatic hydroxyl groups is 1. The van der Waals surface area contributed by atoms with Gasteiger partial charge < -0.3 is 15.4 Å². The van der Waals surface area contributed by atoms with Crippen molar-refractivity contribution in [1.82, 2.24) is 35.1 Å². The van der Waals surface area contributed by atoms with Crippen LogP contribution in [0.3, 0.4) is 0 Å². The Morgan fingerprint density at radius 1 is 0.846 bits per heavy atom. The Balaban J connectivity index is 1.22. The van der Waals surface area contributed by atoms with Crippen LogP contribution in [0.15, 0.2) is 73.4 Å². The number of aliphatic hydroxyl groups excluding tert-OH is 1. The van der Waals surface area contributed by atoms with E-state index in [1.807, 2.05) is 42.7 Å². The molecule has 7 rings (SSSR count). The Morgan fingerprint density at radius 2 is 1.74 bits per heavy atom. The lowest BCUT2D eigenvalue weighted by Crippen LogP contribution is -2.30. The highest BCUT2D eigenvalue weighted by Gasteiger charge is 2.22. The van der Waals surface area contributed by atoms with Crippen molar-refractivity contribution in [2.45, 2.75) is 38.3 Å². The molecule has 0 amide bonds. The molecule has 0 saturated heterocycles. The molecule has 39 heavy (non-hydrogen) atoms. The summed E-state index contributed by atoms with van der Waals surface area (Å²) < 4.78 is 0. The normalized spacial score (nSPS) is 15.1. The van der Waals surface area contributed by atoms with Crippen molar-refractivity contribution in [3.8, 4) is 33.9 Å². The SMILES string of the molecule is OC(Nc1cncc(-c2cnc3[nH]nc(-c4cc5c(-c6ccccn6)nccc5[nH]4)c3c2)c1)C1CCCCC1. The Labute approximate surface area is 224 Å². The molecule has 0 aromatic carbocycles. The van der Waals surface area contributed by atoms with Gasteiger partial charge in [-0.15, -0.1) is 0 Å². The summed E-state index contributed by atoms with van der Waals surface area (Å²) in [5.74, 6) is 0.276. The third-order valence-electron chi connectivity index (χ3n) is 7.61. The van der Waals surface area contributed by atoms with Gasteiger partial charge in [0.05, 0.1) is 29.0 Å². The topological polar surface area (TPSA) is 128 Å². The quantitative estimate of drug-likeness (QED) is 0.202. The summed E-state index contributed by atoms with van der Waals surface area (Å²) in [5, 5.41) is 23.5. The molecule has 0 aliphatic heterocycles. The number of hydrogen-bond donors (Lipinski definition) is 4. The molecule has 0 radical (unpaired) electrons. The molecule has 1 saturated carbocycles. The number of pyridine rings is 4. The first-order chi connectivity index (χ1) is 19.2. The van der Waals surface area contributed by atoms with Gasteiger partial charge in [-0.3, -0.25) is 20.1 Å². The van der Waals surface area contributed by atoms with Gasteiger partial charge in [-0.2, -0.15) is 5.10 Å². The van der Waals surface area contributed by atoms with Gasteiger partial charge in [0.25, 0.3) is 0 Å². The summed E-state index contributed by atoms with van der Waals surface area (Å²) in [6.07, 6.45) is 14.1. The Morgan fingerprint density at radius 3 is 2.62 bits per heavy atom. The van der Waals surface area contributed by atoms with Crippen LogP contribution in [0.25, 0.3) is 55.8 Å². The van der Waals surface area contributed by atoms with E-state index in [0.29, 0.717) is 5.65 Å². The van der Waals surface area contributed by atoms with Gasteiger partial charge in [0.2, 0.25) is 0 Å². The van der Waals surface area contributed by atoms with Gasteiger partial charge in [-0.05, 0) is 49.2 Å². The van der Waals surface area contributed by atoms with E-state index in [1.165, 1.54) is 19.3 Å². The number of fused-ring (bicyclic) bond motifs is 2. The van der Waals surface area contributed by atoms with Gasteiger partial charge in [0, 0.05) is 58.1 Å². The van der Waals surface area contributed by atoms with Crippen LogP contribution in [0, 0.1) is 5.92 Å². The van der Waals surface area contributed by atoms with Gasteiger partial charge in [0.1, 0.15) is 11.9 Å². The monoisotopic (exact) mass is 516 g/mol. The van der Waals surface area contributed by atoms with Gasteiger partial charge in [-0.1, -0.05) is 25.3 Å². The van der Waals surface area contributed by atoms with Crippen molar-refractivity contribution in [3.05, 3.63) is 73.4 Å². The lowest BCUT2D eigenvalue weighted by Gasteiger charge is -2.27. The zero-order chi connectivity index (χ0) is 26.2. The number of anilines is 1. The molecule has 1 aliphatic carbocycles. The van der Waals surface area contributed by atoms with Crippen LogP contribution in [-0.4, -0.2) is 46.5 Å². The average Bonchev–Trinajstić information content (AvgIpc) is 3.62. The largest absolute Gasteiger partial charge is 0.374 e. The van der Waals surface area contributed by atoms with E-state index in [-0.39, 0.29) is 5.92 Å². The highest BCUT2D eigenvalue weighted by molar-refractivity contribution is 5.99. The minimum absolute atomic E-state index is 0.276. The molecule has 1 aliphatic rings. The maximum atomic E-state index is 10.7. The summed E-state index contributed by atoms with van der Waals surface area (Å²) >= 11 is 0. The number of nitrogens with zero attached hydrogens (tertiary/aromatic N) is 5. The second kappa shape index (κ2) is 9.92. The second-order valence-electron chi connectivity index (χ2n) is 10.2. The smallest absolute Gasteiger partial charge is 0.155 e.